The minimum absolute atomic E-state index is 0.0253. The molecule has 0 aliphatic carbocycles. The van der Waals surface area contributed by atoms with Crippen molar-refractivity contribution in [3.05, 3.63) is 53.6 Å². The van der Waals surface area contributed by atoms with Gasteiger partial charge in [0.05, 0.1) is 0 Å². The summed E-state index contributed by atoms with van der Waals surface area (Å²) in [5.41, 5.74) is 12.6. The first kappa shape index (κ1) is 15.6. The maximum Gasteiger partial charge on any atom is 0.0434 e. The lowest BCUT2D eigenvalue weighted by molar-refractivity contribution is 0.532. The van der Waals surface area contributed by atoms with E-state index in [4.69, 9.17) is 5.73 Å². The SMILES string of the molecule is CC(C)(C)c1ccc(-c2ccccc2)c(N)c1C(C)(C)C. The van der Waals surface area contributed by atoms with Crippen molar-refractivity contribution in [3.8, 4) is 11.1 Å². The predicted octanol–water partition coefficient (Wildman–Crippen LogP) is 5.53. The van der Waals surface area contributed by atoms with E-state index in [1.54, 1.807) is 0 Å². The van der Waals surface area contributed by atoms with Crippen molar-refractivity contribution in [3.63, 3.8) is 0 Å². The molecule has 0 aromatic heterocycles. The van der Waals surface area contributed by atoms with Crippen molar-refractivity contribution in [2.75, 3.05) is 5.73 Å². The average molecular weight is 281 g/mol. The minimum Gasteiger partial charge on any atom is -0.398 e. The summed E-state index contributed by atoms with van der Waals surface area (Å²) in [6.07, 6.45) is 0. The highest BCUT2D eigenvalue weighted by atomic mass is 14.6. The van der Waals surface area contributed by atoms with Crippen molar-refractivity contribution in [2.24, 2.45) is 0 Å². The van der Waals surface area contributed by atoms with Crippen LogP contribution in [0, 0.1) is 0 Å². The molecule has 2 N–H and O–H groups in total. The van der Waals surface area contributed by atoms with Crippen LogP contribution in [0.3, 0.4) is 0 Å². The molecule has 0 aliphatic heterocycles. The van der Waals surface area contributed by atoms with Crippen molar-refractivity contribution < 1.29 is 0 Å². The second-order valence-electron chi connectivity index (χ2n) is 7.82. The van der Waals surface area contributed by atoms with Crippen LogP contribution in [-0.4, -0.2) is 0 Å². The number of nitrogen functional groups attached to an aromatic ring is 1. The van der Waals surface area contributed by atoms with E-state index in [0.29, 0.717) is 0 Å². The van der Waals surface area contributed by atoms with Crippen LogP contribution in [0.15, 0.2) is 42.5 Å². The van der Waals surface area contributed by atoms with Crippen molar-refractivity contribution in [2.45, 2.75) is 52.4 Å². The Morgan fingerprint density at radius 3 is 1.76 bits per heavy atom. The van der Waals surface area contributed by atoms with Crippen LogP contribution in [0.5, 0.6) is 0 Å². The highest BCUT2D eigenvalue weighted by Crippen LogP contribution is 2.41. The highest BCUT2D eigenvalue weighted by molar-refractivity contribution is 5.80. The monoisotopic (exact) mass is 281 g/mol. The molecule has 0 aliphatic rings. The fourth-order valence-electron chi connectivity index (χ4n) is 2.92. The Labute approximate surface area is 129 Å². The predicted molar refractivity (Wildman–Crippen MR) is 93.7 cm³/mol. The Balaban J connectivity index is 2.75. The van der Waals surface area contributed by atoms with E-state index >= 15 is 0 Å². The number of benzene rings is 2. The number of nitrogens with two attached hydrogens (primary N) is 1. The minimum atomic E-state index is 0.0253. The smallest absolute Gasteiger partial charge is 0.0434 e. The van der Waals surface area contributed by atoms with Gasteiger partial charge < -0.3 is 5.73 Å². The molecule has 1 heteroatoms. The molecule has 0 saturated carbocycles. The lowest BCUT2D eigenvalue weighted by atomic mass is 9.73. The summed E-state index contributed by atoms with van der Waals surface area (Å²) >= 11 is 0. The first-order valence-electron chi connectivity index (χ1n) is 7.61. The van der Waals surface area contributed by atoms with E-state index in [-0.39, 0.29) is 10.8 Å². The third-order valence-electron chi connectivity index (χ3n) is 3.89. The van der Waals surface area contributed by atoms with Gasteiger partial charge in [-0.2, -0.15) is 0 Å². The lowest BCUT2D eigenvalue weighted by Gasteiger charge is -2.32. The maximum atomic E-state index is 6.60. The summed E-state index contributed by atoms with van der Waals surface area (Å²) in [7, 11) is 0. The zero-order valence-corrected chi connectivity index (χ0v) is 14.1. The van der Waals surface area contributed by atoms with Gasteiger partial charge in [-0.15, -0.1) is 0 Å². The molecule has 1 nitrogen and oxygen atoms in total. The van der Waals surface area contributed by atoms with Crippen LogP contribution < -0.4 is 5.73 Å². The van der Waals surface area contributed by atoms with E-state index in [1.165, 1.54) is 16.7 Å². The molecule has 21 heavy (non-hydrogen) atoms. The van der Waals surface area contributed by atoms with Gasteiger partial charge in [0, 0.05) is 11.3 Å². The van der Waals surface area contributed by atoms with Crippen LogP contribution in [0.2, 0.25) is 0 Å². The highest BCUT2D eigenvalue weighted by Gasteiger charge is 2.28. The summed E-state index contributed by atoms with van der Waals surface area (Å²) in [5.74, 6) is 0. The van der Waals surface area contributed by atoms with E-state index in [2.05, 4.69) is 77.9 Å². The molecule has 112 valence electrons. The number of rotatable bonds is 1. The van der Waals surface area contributed by atoms with Gasteiger partial charge in [0.25, 0.3) is 0 Å². The third-order valence-corrected chi connectivity index (χ3v) is 3.89. The molecule has 0 bridgehead atoms. The van der Waals surface area contributed by atoms with Gasteiger partial charge in [0.2, 0.25) is 0 Å². The van der Waals surface area contributed by atoms with Gasteiger partial charge in [0.1, 0.15) is 0 Å². The summed E-state index contributed by atoms with van der Waals surface area (Å²) in [4.78, 5) is 0. The van der Waals surface area contributed by atoms with E-state index < -0.39 is 0 Å². The van der Waals surface area contributed by atoms with E-state index in [0.717, 1.165) is 11.3 Å². The summed E-state index contributed by atoms with van der Waals surface area (Å²) in [5, 5.41) is 0. The molecular formula is C20H27N. The van der Waals surface area contributed by atoms with Crippen LogP contribution in [0.25, 0.3) is 11.1 Å². The molecule has 0 saturated heterocycles. The van der Waals surface area contributed by atoms with Crippen LogP contribution >= 0.6 is 0 Å². The molecular weight excluding hydrogens is 254 g/mol. The maximum absolute atomic E-state index is 6.60. The topological polar surface area (TPSA) is 26.0 Å². The van der Waals surface area contributed by atoms with Gasteiger partial charge in [0.15, 0.2) is 0 Å². The molecule has 2 rings (SSSR count). The Hall–Kier alpha value is -1.76. The first-order chi connectivity index (χ1) is 9.62. The molecule has 0 amide bonds. The second-order valence-corrected chi connectivity index (χ2v) is 7.82. The standard InChI is InChI=1S/C20H27N/c1-19(2,3)16-13-12-15(14-10-8-7-9-11-14)18(21)17(16)20(4,5)6/h7-13H,21H2,1-6H3. The van der Waals surface area contributed by atoms with Gasteiger partial charge in [-0.05, 0) is 27.5 Å². The fraction of sp³-hybridized carbons (Fsp3) is 0.400. The molecule has 0 heterocycles. The Bertz CT molecular complexity index is 625. The largest absolute Gasteiger partial charge is 0.398 e. The Kier molecular flexibility index (Phi) is 3.88. The number of hydrogen-bond donors (Lipinski definition) is 1. The normalized spacial score (nSPS) is 12.5. The third kappa shape index (κ3) is 3.12. The zero-order chi connectivity index (χ0) is 15.8. The zero-order valence-electron chi connectivity index (χ0n) is 14.1. The molecule has 0 spiro atoms. The van der Waals surface area contributed by atoms with Crippen molar-refractivity contribution in [1.29, 1.82) is 0 Å². The van der Waals surface area contributed by atoms with Gasteiger partial charge >= 0.3 is 0 Å². The first-order valence-corrected chi connectivity index (χ1v) is 7.61. The molecule has 0 radical (unpaired) electrons. The Morgan fingerprint density at radius 1 is 0.714 bits per heavy atom. The molecule has 0 atom stereocenters. The summed E-state index contributed by atoms with van der Waals surface area (Å²) < 4.78 is 0. The second kappa shape index (κ2) is 5.22. The molecule has 0 unspecified atom stereocenters. The molecule has 2 aromatic carbocycles. The molecule has 2 aromatic rings. The number of anilines is 1. The van der Waals surface area contributed by atoms with Crippen LogP contribution in [-0.2, 0) is 10.8 Å². The van der Waals surface area contributed by atoms with E-state index in [9.17, 15) is 0 Å². The van der Waals surface area contributed by atoms with Gasteiger partial charge in [-0.1, -0.05) is 84.0 Å². The fourth-order valence-corrected chi connectivity index (χ4v) is 2.92. The quantitative estimate of drug-likeness (QED) is 0.683. The average Bonchev–Trinajstić information content (AvgIpc) is 2.36. The van der Waals surface area contributed by atoms with Crippen LogP contribution in [0.4, 0.5) is 5.69 Å². The lowest BCUT2D eigenvalue weighted by Crippen LogP contribution is -2.24. The van der Waals surface area contributed by atoms with Crippen molar-refractivity contribution in [1.82, 2.24) is 0 Å². The van der Waals surface area contributed by atoms with Crippen LogP contribution in [0.1, 0.15) is 52.7 Å². The molecule has 0 fully saturated rings. The van der Waals surface area contributed by atoms with Gasteiger partial charge in [-0.25, -0.2) is 0 Å². The Morgan fingerprint density at radius 2 is 1.29 bits per heavy atom. The van der Waals surface area contributed by atoms with E-state index in [1.807, 2.05) is 6.07 Å². The summed E-state index contributed by atoms with van der Waals surface area (Å²) in [6, 6.07) is 14.8. The summed E-state index contributed by atoms with van der Waals surface area (Å²) in [6.45, 7) is 13.5. The van der Waals surface area contributed by atoms with Gasteiger partial charge in [-0.3, -0.25) is 0 Å². The number of hydrogen-bond acceptors (Lipinski definition) is 1. The van der Waals surface area contributed by atoms with Crippen molar-refractivity contribution >= 4 is 5.69 Å².